The van der Waals surface area contributed by atoms with Crippen LogP contribution in [0.1, 0.15) is 10.4 Å². The van der Waals surface area contributed by atoms with E-state index in [0.717, 1.165) is 14.9 Å². The number of thiophene rings is 1. The number of halogens is 1. The molecule has 96 valence electrons. The largest absolute Gasteiger partial charge is 0.399 e. The van der Waals surface area contributed by atoms with E-state index in [4.69, 9.17) is 5.73 Å². The molecule has 1 aromatic heterocycles. The summed E-state index contributed by atoms with van der Waals surface area (Å²) in [6.07, 6.45) is 0. The van der Waals surface area contributed by atoms with E-state index in [-0.39, 0.29) is 5.75 Å². The van der Waals surface area contributed by atoms with Gasteiger partial charge in [0.05, 0.1) is 10.6 Å². The molecule has 1 aromatic carbocycles. The van der Waals surface area contributed by atoms with Crippen molar-refractivity contribution in [2.24, 2.45) is 0 Å². The van der Waals surface area contributed by atoms with Crippen LogP contribution in [0.25, 0.3) is 0 Å². The van der Waals surface area contributed by atoms with Crippen molar-refractivity contribution in [2.45, 2.75) is 17.6 Å². The van der Waals surface area contributed by atoms with Crippen LogP contribution in [0.3, 0.4) is 0 Å². The highest BCUT2D eigenvalue weighted by atomic mass is 79.9. The molecule has 6 heteroatoms. The zero-order chi connectivity index (χ0) is 13.3. The van der Waals surface area contributed by atoms with Crippen LogP contribution in [0.2, 0.25) is 0 Å². The smallest absolute Gasteiger partial charge is 0.183 e. The van der Waals surface area contributed by atoms with E-state index in [0.29, 0.717) is 10.6 Å². The molecule has 2 rings (SSSR count). The number of nitrogen functional groups attached to an aromatic ring is 1. The molecule has 2 aromatic rings. The second-order valence-electron chi connectivity index (χ2n) is 4.02. The number of hydrogen-bond acceptors (Lipinski definition) is 4. The molecule has 0 aliphatic carbocycles. The normalized spacial score (nSPS) is 11.7. The van der Waals surface area contributed by atoms with Gasteiger partial charge in [-0.05, 0) is 46.6 Å². The summed E-state index contributed by atoms with van der Waals surface area (Å²) in [7, 11) is -3.34. The van der Waals surface area contributed by atoms with Crippen molar-refractivity contribution in [2.75, 3.05) is 5.73 Å². The summed E-state index contributed by atoms with van der Waals surface area (Å²) in [5, 5.41) is 1.87. The lowest BCUT2D eigenvalue weighted by Gasteiger charge is -2.07. The number of aryl methyl sites for hydroxylation is 1. The molecule has 0 bridgehead atoms. The molecule has 0 fully saturated rings. The number of rotatable bonds is 3. The first-order chi connectivity index (χ1) is 8.38. The minimum absolute atomic E-state index is 0.00750. The van der Waals surface area contributed by atoms with Gasteiger partial charge in [0.15, 0.2) is 9.84 Å². The summed E-state index contributed by atoms with van der Waals surface area (Å²) in [5.41, 5.74) is 6.84. The van der Waals surface area contributed by atoms with Crippen molar-refractivity contribution in [1.29, 1.82) is 0 Å². The quantitative estimate of drug-likeness (QED) is 0.867. The van der Waals surface area contributed by atoms with Crippen LogP contribution < -0.4 is 5.73 Å². The number of hydrogen-bond donors (Lipinski definition) is 1. The summed E-state index contributed by atoms with van der Waals surface area (Å²) in [5.74, 6) is 0.00750. The minimum atomic E-state index is -3.34. The van der Waals surface area contributed by atoms with Crippen molar-refractivity contribution >= 4 is 42.8 Å². The first-order valence-corrected chi connectivity index (χ1v) is 8.53. The molecule has 0 amide bonds. The number of sulfone groups is 1. The fourth-order valence-corrected chi connectivity index (χ4v) is 5.11. The van der Waals surface area contributed by atoms with Crippen molar-refractivity contribution in [3.05, 3.63) is 44.6 Å². The van der Waals surface area contributed by atoms with Gasteiger partial charge in [-0.2, -0.15) is 0 Å². The van der Waals surface area contributed by atoms with Crippen molar-refractivity contribution in [1.82, 2.24) is 0 Å². The highest BCUT2D eigenvalue weighted by Crippen LogP contribution is 2.26. The van der Waals surface area contributed by atoms with Gasteiger partial charge in [0.2, 0.25) is 0 Å². The molecule has 0 aliphatic heterocycles. The first-order valence-electron chi connectivity index (χ1n) is 5.20. The predicted octanol–water partition coefficient (Wildman–Crippen LogP) is 3.38. The summed E-state index contributed by atoms with van der Waals surface area (Å²) < 4.78 is 25.5. The molecule has 0 radical (unpaired) electrons. The zero-order valence-electron chi connectivity index (χ0n) is 9.68. The highest BCUT2D eigenvalue weighted by molar-refractivity contribution is 9.10. The second-order valence-corrected chi connectivity index (χ2v) is 7.88. The van der Waals surface area contributed by atoms with Gasteiger partial charge < -0.3 is 5.73 Å². The van der Waals surface area contributed by atoms with Crippen LogP contribution in [-0.2, 0) is 15.6 Å². The Hall–Kier alpha value is -0.850. The maximum atomic E-state index is 12.3. The Balaban J connectivity index is 2.39. The van der Waals surface area contributed by atoms with E-state index in [2.05, 4.69) is 15.9 Å². The minimum Gasteiger partial charge on any atom is -0.399 e. The van der Waals surface area contributed by atoms with Crippen LogP contribution in [0.15, 0.2) is 39.0 Å². The second kappa shape index (κ2) is 5.03. The Morgan fingerprint density at radius 2 is 2.06 bits per heavy atom. The van der Waals surface area contributed by atoms with E-state index in [1.165, 1.54) is 17.4 Å². The van der Waals surface area contributed by atoms with E-state index < -0.39 is 9.84 Å². The highest BCUT2D eigenvalue weighted by Gasteiger charge is 2.19. The third-order valence-electron chi connectivity index (χ3n) is 2.50. The molecule has 3 nitrogen and oxygen atoms in total. The monoisotopic (exact) mass is 345 g/mol. The van der Waals surface area contributed by atoms with Crippen molar-refractivity contribution < 1.29 is 8.42 Å². The van der Waals surface area contributed by atoms with Crippen molar-refractivity contribution in [3.63, 3.8) is 0 Å². The van der Waals surface area contributed by atoms with E-state index in [1.54, 1.807) is 19.1 Å². The number of nitrogens with two attached hydrogens (primary N) is 1. The molecule has 2 N–H and O–H groups in total. The van der Waals surface area contributed by atoms with Gasteiger partial charge in [-0.3, -0.25) is 0 Å². The van der Waals surface area contributed by atoms with Crippen LogP contribution >= 0.6 is 27.3 Å². The first kappa shape index (κ1) is 13.6. The van der Waals surface area contributed by atoms with Gasteiger partial charge in [-0.25, -0.2) is 8.42 Å². The van der Waals surface area contributed by atoms with Gasteiger partial charge in [-0.1, -0.05) is 6.07 Å². The molecular formula is C12H12BrNO2S2. The van der Waals surface area contributed by atoms with E-state index in [1.807, 2.05) is 11.4 Å². The molecular weight excluding hydrogens is 334 g/mol. The molecule has 0 saturated carbocycles. The van der Waals surface area contributed by atoms with Crippen LogP contribution in [-0.4, -0.2) is 8.42 Å². The lowest BCUT2D eigenvalue weighted by molar-refractivity contribution is 0.595. The Labute approximate surface area is 119 Å². The average molecular weight is 346 g/mol. The van der Waals surface area contributed by atoms with Crippen LogP contribution in [0.5, 0.6) is 0 Å². The molecule has 1 heterocycles. The maximum Gasteiger partial charge on any atom is 0.183 e. The van der Waals surface area contributed by atoms with Gasteiger partial charge in [0, 0.05) is 20.4 Å². The fourth-order valence-electron chi connectivity index (χ4n) is 1.65. The van der Waals surface area contributed by atoms with E-state index >= 15 is 0 Å². The maximum absolute atomic E-state index is 12.3. The third-order valence-corrected chi connectivity index (χ3v) is 6.18. The third kappa shape index (κ3) is 2.93. The van der Waals surface area contributed by atoms with Gasteiger partial charge in [0.1, 0.15) is 0 Å². The molecule has 0 atom stereocenters. The van der Waals surface area contributed by atoms with Crippen LogP contribution in [0, 0.1) is 6.92 Å². The molecule has 0 aliphatic rings. The predicted molar refractivity (Wildman–Crippen MR) is 78.5 cm³/mol. The fraction of sp³-hybridized carbons (Fsp3) is 0.167. The Morgan fingerprint density at radius 3 is 2.67 bits per heavy atom. The SMILES string of the molecule is Cc1ccc(N)cc1S(=O)(=O)Cc1cc(Br)cs1. The van der Waals surface area contributed by atoms with Crippen LogP contribution in [0.4, 0.5) is 5.69 Å². The summed E-state index contributed by atoms with van der Waals surface area (Å²) in [6, 6.07) is 6.78. The lowest BCUT2D eigenvalue weighted by Crippen LogP contribution is -2.06. The number of benzene rings is 1. The molecule has 0 saturated heterocycles. The summed E-state index contributed by atoms with van der Waals surface area (Å²) >= 11 is 4.74. The standard InChI is InChI=1S/C12H12BrNO2S2/c1-8-2-3-10(14)5-12(8)18(15,16)7-11-4-9(13)6-17-11/h2-6H,7,14H2,1H3. The van der Waals surface area contributed by atoms with Gasteiger partial charge in [0.25, 0.3) is 0 Å². The van der Waals surface area contributed by atoms with Gasteiger partial charge in [-0.15, -0.1) is 11.3 Å². The Bertz CT molecular complexity index is 677. The molecule has 18 heavy (non-hydrogen) atoms. The van der Waals surface area contributed by atoms with Gasteiger partial charge >= 0.3 is 0 Å². The zero-order valence-corrected chi connectivity index (χ0v) is 12.9. The Kier molecular flexibility index (Phi) is 3.79. The van der Waals surface area contributed by atoms with E-state index in [9.17, 15) is 8.42 Å². The summed E-state index contributed by atoms with van der Waals surface area (Å²) in [4.78, 5) is 1.12. The lowest BCUT2D eigenvalue weighted by atomic mass is 10.2. The topological polar surface area (TPSA) is 60.2 Å². The summed E-state index contributed by atoms with van der Waals surface area (Å²) in [6.45, 7) is 1.77. The average Bonchev–Trinajstić information content (AvgIpc) is 2.66. The molecule has 0 unspecified atom stereocenters. The van der Waals surface area contributed by atoms with Crippen molar-refractivity contribution in [3.8, 4) is 0 Å². The Morgan fingerprint density at radius 1 is 1.33 bits per heavy atom. The molecule has 0 spiro atoms. The number of anilines is 1.